The number of likely N-dealkylation sites (tertiary alicyclic amines) is 1. The number of phenols is 1. The molecule has 1 heterocycles. The predicted octanol–water partition coefficient (Wildman–Crippen LogP) is 2.23. The van der Waals surface area contributed by atoms with Gasteiger partial charge in [-0.1, -0.05) is 13.8 Å². The van der Waals surface area contributed by atoms with Crippen LogP contribution in [0.4, 0.5) is 0 Å². The van der Waals surface area contributed by atoms with Crippen molar-refractivity contribution in [2.45, 2.75) is 36.8 Å². The summed E-state index contributed by atoms with van der Waals surface area (Å²) in [4.78, 5) is 26.9. The molecule has 0 radical (unpaired) electrons. The Labute approximate surface area is 141 Å². The Kier molecular flexibility index (Phi) is 5.93. The average Bonchev–Trinajstić information content (AvgIpc) is 2.53. The van der Waals surface area contributed by atoms with Crippen molar-refractivity contribution in [3.8, 4) is 5.75 Å². The van der Waals surface area contributed by atoms with Gasteiger partial charge in [-0.05, 0) is 43.0 Å². The SMILES string of the molecule is CC(C)[C@@H](Sc1ccc(O)cc1)C(=O)N1CCC(C(N)=O)CC1. The summed E-state index contributed by atoms with van der Waals surface area (Å²) in [7, 11) is 0. The van der Waals surface area contributed by atoms with Gasteiger partial charge in [-0.25, -0.2) is 0 Å². The summed E-state index contributed by atoms with van der Waals surface area (Å²) in [5, 5.41) is 9.18. The molecule has 1 aromatic carbocycles. The summed E-state index contributed by atoms with van der Waals surface area (Å²) in [6.45, 7) is 5.25. The number of carbonyl (C=O) groups is 2. The smallest absolute Gasteiger partial charge is 0.236 e. The molecule has 6 heteroatoms. The van der Waals surface area contributed by atoms with Crippen LogP contribution in [0.1, 0.15) is 26.7 Å². The van der Waals surface area contributed by atoms with E-state index in [0.29, 0.717) is 25.9 Å². The zero-order valence-electron chi connectivity index (χ0n) is 13.6. The largest absolute Gasteiger partial charge is 0.508 e. The molecule has 0 spiro atoms. The van der Waals surface area contributed by atoms with E-state index in [1.54, 1.807) is 12.1 Å². The highest BCUT2D eigenvalue weighted by atomic mass is 32.2. The summed E-state index contributed by atoms with van der Waals surface area (Å²) in [5.74, 6) is 0.142. The highest BCUT2D eigenvalue weighted by Crippen LogP contribution is 2.31. The summed E-state index contributed by atoms with van der Waals surface area (Å²) in [6, 6.07) is 6.90. The van der Waals surface area contributed by atoms with E-state index < -0.39 is 0 Å². The number of amides is 2. The van der Waals surface area contributed by atoms with Crippen molar-refractivity contribution in [1.29, 1.82) is 0 Å². The first-order valence-corrected chi connectivity index (χ1v) is 8.80. The number of aromatic hydroxyl groups is 1. The van der Waals surface area contributed by atoms with Crippen LogP contribution in [0.2, 0.25) is 0 Å². The minimum atomic E-state index is -0.268. The number of thioether (sulfide) groups is 1. The van der Waals surface area contributed by atoms with Gasteiger partial charge in [-0.2, -0.15) is 0 Å². The first kappa shape index (κ1) is 17.7. The molecule has 0 aromatic heterocycles. The number of carbonyl (C=O) groups excluding carboxylic acids is 2. The summed E-state index contributed by atoms with van der Waals surface area (Å²) in [5.41, 5.74) is 5.34. The standard InChI is InChI=1S/C17H24N2O3S/c1-11(2)15(23-14-5-3-13(20)4-6-14)17(22)19-9-7-12(8-10-19)16(18)21/h3-6,11-12,15,20H,7-10H2,1-2H3,(H2,18,21)/t15-/m1/s1. The molecule has 3 N–H and O–H groups in total. The molecule has 0 saturated carbocycles. The van der Waals surface area contributed by atoms with E-state index in [1.165, 1.54) is 11.8 Å². The van der Waals surface area contributed by atoms with E-state index in [2.05, 4.69) is 0 Å². The van der Waals surface area contributed by atoms with Crippen LogP contribution in [0.15, 0.2) is 29.2 Å². The second-order valence-corrected chi connectivity index (χ2v) is 7.49. The third kappa shape index (κ3) is 4.64. The Balaban J connectivity index is 2.01. The van der Waals surface area contributed by atoms with Crippen LogP contribution in [0.5, 0.6) is 5.75 Å². The Morgan fingerprint density at radius 3 is 2.26 bits per heavy atom. The highest BCUT2D eigenvalue weighted by Gasteiger charge is 2.32. The molecule has 1 atom stereocenters. The van der Waals surface area contributed by atoms with Crippen molar-refractivity contribution < 1.29 is 14.7 Å². The zero-order chi connectivity index (χ0) is 17.0. The van der Waals surface area contributed by atoms with E-state index in [-0.39, 0.29) is 34.6 Å². The fourth-order valence-corrected chi connectivity index (χ4v) is 3.82. The first-order valence-electron chi connectivity index (χ1n) is 7.92. The maximum absolute atomic E-state index is 12.8. The van der Waals surface area contributed by atoms with Crippen LogP contribution >= 0.6 is 11.8 Å². The van der Waals surface area contributed by atoms with Gasteiger partial charge in [-0.3, -0.25) is 9.59 Å². The molecule has 126 valence electrons. The molecule has 0 aliphatic carbocycles. The van der Waals surface area contributed by atoms with Crippen LogP contribution in [-0.2, 0) is 9.59 Å². The lowest BCUT2D eigenvalue weighted by Crippen LogP contribution is -2.46. The monoisotopic (exact) mass is 336 g/mol. The Bertz CT molecular complexity index is 551. The first-order chi connectivity index (χ1) is 10.9. The van der Waals surface area contributed by atoms with Crippen LogP contribution < -0.4 is 5.73 Å². The number of phenolic OH excluding ortho intramolecular Hbond substituents is 1. The molecule has 2 amide bonds. The average molecular weight is 336 g/mol. The van der Waals surface area contributed by atoms with Crippen molar-refractivity contribution in [2.75, 3.05) is 13.1 Å². The molecule has 2 rings (SSSR count). The maximum Gasteiger partial charge on any atom is 0.236 e. The Hall–Kier alpha value is -1.69. The number of nitrogens with two attached hydrogens (primary N) is 1. The lowest BCUT2D eigenvalue weighted by Gasteiger charge is -2.34. The number of rotatable bonds is 5. The van der Waals surface area contributed by atoms with E-state index in [0.717, 1.165) is 4.90 Å². The lowest BCUT2D eigenvalue weighted by molar-refractivity contribution is -0.135. The number of primary amides is 1. The third-order valence-corrected chi connectivity index (χ3v) is 5.70. The van der Waals surface area contributed by atoms with E-state index in [4.69, 9.17) is 5.73 Å². The van der Waals surface area contributed by atoms with Crippen molar-refractivity contribution in [2.24, 2.45) is 17.6 Å². The van der Waals surface area contributed by atoms with Crippen LogP contribution in [0, 0.1) is 11.8 Å². The third-order valence-electron chi connectivity index (χ3n) is 4.16. The molecule has 1 saturated heterocycles. The summed E-state index contributed by atoms with van der Waals surface area (Å²) < 4.78 is 0. The van der Waals surface area contributed by atoms with Crippen LogP contribution in [0.3, 0.4) is 0 Å². The summed E-state index contributed by atoms with van der Waals surface area (Å²) >= 11 is 1.52. The van der Waals surface area contributed by atoms with E-state index in [1.807, 2.05) is 30.9 Å². The number of piperidine rings is 1. The molecule has 0 unspecified atom stereocenters. The van der Waals surface area contributed by atoms with E-state index in [9.17, 15) is 14.7 Å². The minimum absolute atomic E-state index is 0.110. The number of hydrogen-bond acceptors (Lipinski definition) is 4. The molecule has 0 bridgehead atoms. The van der Waals surface area contributed by atoms with Crippen LogP contribution in [0.25, 0.3) is 0 Å². The zero-order valence-corrected chi connectivity index (χ0v) is 14.4. The molecule has 1 fully saturated rings. The lowest BCUT2D eigenvalue weighted by atomic mass is 9.95. The van der Waals surface area contributed by atoms with Gasteiger partial charge in [0.05, 0.1) is 5.25 Å². The van der Waals surface area contributed by atoms with Gasteiger partial charge in [0, 0.05) is 23.9 Å². The van der Waals surface area contributed by atoms with Gasteiger partial charge >= 0.3 is 0 Å². The fourth-order valence-electron chi connectivity index (χ4n) is 2.71. The molecule has 1 aliphatic rings. The van der Waals surface area contributed by atoms with Crippen molar-refractivity contribution in [3.63, 3.8) is 0 Å². The number of nitrogens with zero attached hydrogens (tertiary/aromatic N) is 1. The predicted molar refractivity (Wildman–Crippen MR) is 91.1 cm³/mol. The molecular weight excluding hydrogens is 312 g/mol. The van der Waals surface area contributed by atoms with Crippen molar-refractivity contribution in [3.05, 3.63) is 24.3 Å². The van der Waals surface area contributed by atoms with Crippen molar-refractivity contribution >= 4 is 23.6 Å². The highest BCUT2D eigenvalue weighted by molar-refractivity contribution is 8.00. The van der Waals surface area contributed by atoms with Crippen LogP contribution in [-0.4, -0.2) is 40.2 Å². The summed E-state index contributed by atoms with van der Waals surface area (Å²) in [6.07, 6.45) is 1.30. The van der Waals surface area contributed by atoms with Gasteiger partial charge in [0.1, 0.15) is 5.75 Å². The van der Waals surface area contributed by atoms with E-state index >= 15 is 0 Å². The Morgan fingerprint density at radius 1 is 1.22 bits per heavy atom. The maximum atomic E-state index is 12.8. The molecular formula is C17H24N2O3S. The van der Waals surface area contributed by atoms with Gasteiger partial charge < -0.3 is 15.7 Å². The normalized spacial score (nSPS) is 17.3. The number of hydrogen-bond donors (Lipinski definition) is 2. The van der Waals surface area contributed by atoms with Gasteiger partial charge in [0.2, 0.25) is 11.8 Å². The molecule has 5 nitrogen and oxygen atoms in total. The van der Waals surface area contributed by atoms with Gasteiger partial charge in [-0.15, -0.1) is 11.8 Å². The topological polar surface area (TPSA) is 83.6 Å². The molecule has 1 aliphatic heterocycles. The number of benzene rings is 1. The second kappa shape index (κ2) is 7.73. The van der Waals surface area contributed by atoms with Gasteiger partial charge in [0.15, 0.2) is 0 Å². The second-order valence-electron chi connectivity index (χ2n) is 6.28. The molecule has 1 aromatic rings. The Morgan fingerprint density at radius 2 is 1.78 bits per heavy atom. The quantitative estimate of drug-likeness (QED) is 0.808. The molecule has 23 heavy (non-hydrogen) atoms. The minimum Gasteiger partial charge on any atom is -0.508 e. The van der Waals surface area contributed by atoms with Gasteiger partial charge in [0.25, 0.3) is 0 Å². The van der Waals surface area contributed by atoms with Crippen molar-refractivity contribution in [1.82, 2.24) is 4.90 Å². The fraction of sp³-hybridized carbons (Fsp3) is 0.529.